The van der Waals surface area contributed by atoms with Crippen molar-refractivity contribution in [3.05, 3.63) is 28.5 Å². The van der Waals surface area contributed by atoms with Crippen molar-refractivity contribution in [1.29, 1.82) is 0 Å². The predicted octanol–water partition coefficient (Wildman–Crippen LogP) is 3.58. The zero-order valence-electron chi connectivity index (χ0n) is 9.30. The van der Waals surface area contributed by atoms with Crippen LogP contribution in [-0.4, -0.2) is 12.4 Å². The summed E-state index contributed by atoms with van der Waals surface area (Å²) >= 11 is 3.18. The number of benzene rings is 1. The van der Waals surface area contributed by atoms with Gasteiger partial charge < -0.3 is 4.74 Å². The Morgan fingerprint density at radius 2 is 2.25 bits per heavy atom. The standard InChI is InChI=1S/C12H14BrFO2/c1-3-8(2)11(15)7-16-12-5-4-9(14)6-10(12)13/h4-6,8H,3,7H2,1-2H3. The van der Waals surface area contributed by atoms with Gasteiger partial charge in [0, 0.05) is 5.92 Å². The first-order chi connectivity index (χ1) is 7.54. The lowest BCUT2D eigenvalue weighted by Gasteiger charge is -2.10. The molecule has 0 spiro atoms. The maximum absolute atomic E-state index is 12.8. The van der Waals surface area contributed by atoms with Crippen molar-refractivity contribution in [1.82, 2.24) is 0 Å². The van der Waals surface area contributed by atoms with Crippen molar-refractivity contribution in [3.63, 3.8) is 0 Å². The van der Waals surface area contributed by atoms with Crippen LogP contribution in [0.5, 0.6) is 5.75 Å². The topological polar surface area (TPSA) is 26.3 Å². The minimum atomic E-state index is -0.340. The number of carbonyl (C=O) groups excluding carboxylic acids is 1. The summed E-state index contributed by atoms with van der Waals surface area (Å²) in [7, 11) is 0. The fourth-order valence-electron chi connectivity index (χ4n) is 1.11. The molecule has 1 aromatic carbocycles. The summed E-state index contributed by atoms with van der Waals surface area (Å²) in [4.78, 5) is 11.5. The van der Waals surface area contributed by atoms with E-state index in [2.05, 4.69) is 15.9 Å². The van der Waals surface area contributed by atoms with Gasteiger partial charge in [0.1, 0.15) is 18.2 Å². The molecule has 1 atom stereocenters. The van der Waals surface area contributed by atoms with Crippen LogP contribution in [0.4, 0.5) is 4.39 Å². The lowest BCUT2D eigenvalue weighted by molar-refractivity contribution is -0.124. The van der Waals surface area contributed by atoms with Crippen LogP contribution in [0, 0.1) is 11.7 Å². The Kier molecular flexibility index (Phi) is 4.93. The molecule has 0 saturated heterocycles. The molecule has 0 radical (unpaired) electrons. The van der Waals surface area contributed by atoms with Gasteiger partial charge in [-0.15, -0.1) is 0 Å². The van der Waals surface area contributed by atoms with E-state index in [0.29, 0.717) is 10.2 Å². The molecule has 1 unspecified atom stereocenters. The molecule has 0 bridgehead atoms. The first-order valence-electron chi connectivity index (χ1n) is 5.15. The summed E-state index contributed by atoms with van der Waals surface area (Å²) in [6.07, 6.45) is 0.798. The number of rotatable bonds is 5. The molecule has 1 aromatic rings. The third-order valence-electron chi connectivity index (χ3n) is 2.43. The Labute approximate surface area is 103 Å². The second kappa shape index (κ2) is 5.99. The molecule has 0 aromatic heterocycles. The first-order valence-corrected chi connectivity index (χ1v) is 5.94. The average Bonchev–Trinajstić information content (AvgIpc) is 2.26. The second-order valence-electron chi connectivity index (χ2n) is 3.64. The second-order valence-corrected chi connectivity index (χ2v) is 4.49. The predicted molar refractivity (Wildman–Crippen MR) is 64.1 cm³/mol. The smallest absolute Gasteiger partial charge is 0.172 e. The highest BCUT2D eigenvalue weighted by molar-refractivity contribution is 9.10. The van der Waals surface area contributed by atoms with E-state index in [9.17, 15) is 9.18 Å². The summed E-state index contributed by atoms with van der Waals surface area (Å²) < 4.78 is 18.6. The van der Waals surface area contributed by atoms with Gasteiger partial charge in [-0.25, -0.2) is 4.39 Å². The largest absolute Gasteiger partial charge is 0.485 e. The average molecular weight is 289 g/mol. The van der Waals surface area contributed by atoms with Crippen LogP contribution in [0.1, 0.15) is 20.3 Å². The first kappa shape index (κ1) is 13.2. The molecular weight excluding hydrogens is 275 g/mol. The maximum Gasteiger partial charge on any atom is 0.172 e. The minimum absolute atomic E-state index is 0.000719. The van der Waals surface area contributed by atoms with Crippen LogP contribution in [0.2, 0.25) is 0 Å². The highest BCUT2D eigenvalue weighted by Crippen LogP contribution is 2.25. The summed E-state index contributed by atoms with van der Waals surface area (Å²) in [5.41, 5.74) is 0. The fourth-order valence-corrected chi connectivity index (χ4v) is 1.58. The van der Waals surface area contributed by atoms with Crippen molar-refractivity contribution in [3.8, 4) is 5.75 Å². The van der Waals surface area contributed by atoms with Crippen molar-refractivity contribution in [2.45, 2.75) is 20.3 Å². The van der Waals surface area contributed by atoms with Crippen LogP contribution in [0.15, 0.2) is 22.7 Å². The molecule has 0 aliphatic carbocycles. The maximum atomic E-state index is 12.8. The third kappa shape index (κ3) is 3.59. The number of halogens is 2. The molecule has 88 valence electrons. The van der Waals surface area contributed by atoms with Crippen LogP contribution < -0.4 is 4.74 Å². The van der Waals surface area contributed by atoms with Gasteiger partial charge in [-0.05, 0) is 40.5 Å². The number of hydrogen-bond donors (Lipinski definition) is 0. The number of ether oxygens (including phenoxy) is 1. The molecule has 0 aliphatic heterocycles. The van der Waals surface area contributed by atoms with Gasteiger partial charge in [-0.2, -0.15) is 0 Å². The molecule has 0 amide bonds. The van der Waals surface area contributed by atoms with E-state index in [0.717, 1.165) is 6.42 Å². The van der Waals surface area contributed by atoms with Gasteiger partial charge >= 0.3 is 0 Å². The van der Waals surface area contributed by atoms with Gasteiger partial charge in [0.2, 0.25) is 0 Å². The van der Waals surface area contributed by atoms with Crippen molar-refractivity contribution in [2.75, 3.05) is 6.61 Å². The van der Waals surface area contributed by atoms with Gasteiger partial charge in [0.25, 0.3) is 0 Å². The minimum Gasteiger partial charge on any atom is -0.485 e. The van der Waals surface area contributed by atoms with E-state index in [4.69, 9.17) is 4.74 Å². The molecule has 16 heavy (non-hydrogen) atoms. The number of Topliss-reactive ketones (excluding diaryl/α,β-unsaturated/α-hetero) is 1. The zero-order chi connectivity index (χ0) is 12.1. The van der Waals surface area contributed by atoms with E-state index in [-0.39, 0.29) is 24.1 Å². The van der Waals surface area contributed by atoms with Gasteiger partial charge in [-0.1, -0.05) is 13.8 Å². The Balaban J connectivity index is 2.58. The molecule has 0 aliphatic rings. The van der Waals surface area contributed by atoms with Gasteiger partial charge in [-0.3, -0.25) is 4.79 Å². The Morgan fingerprint density at radius 1 is 1.56 bits per heavy atom. The summed E-state index contributed by atoms with van der Waals surface area (Å²) in [6.45, 7) is 3.85. The summed E-state index contributed by atoms with van der Waals surface area (Å²) in [5, 5.41) is 0. The van der Waals surface area contributed by atoms with Crippen molar-refractivity contribution in [2.24, 2.45) is 5.92 Å². The molecule has 0 N–H and O–H groups in total. The molecule has 4 heteroatoms. The lowest BCUT2D eigenvalue weighted by Crippen LogP contribution is -2.18. The van der Waals surface area contributed by atoms with E-state index < -0.39 is 0 Å². The van der Waals surface area contributed by atoms with Gasteiger partial charge in [0.15, 0.2) is 5.78 Å². The Bertz CT molecular complexity index is 379. The van der Waals surface area contributed by atoms with Crippen molar-refractivity contribution < 1.29 is 13.9 Å². The van der Waals surface area contributed by atoms with Crippen LogP contribution >= 0.6 is 15.9 Å². The van der Waals surface area contributed by atoms with E-state index >= 15 is 0 Å². The number of carbonyl (C=O) groups is 1. The Morgan fingerprint density at radius 3 is 2.81 bits per heavy atom. The van der Waals surface area contributed by atoms with Crippen LogP contribution in [0.25, 0.3) is 0 Å². The van der Waals surface area contributed by atoms with Crippen LogP contribution in [0.3, 0.4) is 0 Å². The van der Waals surface area contributed by atoms with Crippen molar-refractivity contribution >= 4 is 21.7 Å². The lowest BCUT2D eigenvalue weighted by atomic mass is 10.1. The van der Waals surface area contributed by atoms with Crippen LogP contribution in [-0.2, 0) is 4.79 Å². The SMILES string of the molecule is CCC(C)C(=O)COc1ccc(F)cc1Br. The normalized spacial score (nSPS) is 12.2. The zero-order valence-corrected chi connectivity index (χ0v) is 10.9. The number of ketones is 1. The quantitative estimate of drug-likeness (QED) is 0.828. The molecule has 2 nitrogen and oxygen atoms in total. The molecular formula is C12H14BrFO2. The highest BCUT2D eigenvalue weighted by atomic mass is 79.9. The monoisotopic (exact) mass is 288 g/mol. The van der Waals surface area contributed by atoms with E-state index in [1.165, 1.54) is 18.2 Å². The molecule has 0 fully saturated rings. The van der Waals surface area contributed by atoms with Gasteiger partial charge in [0.05, 0.1) is 4.47 Å². The molecule has 0 saturated carbocycles. The summed E-state index contributed by atoms with van der Waals surface area (Å²) in [6, 6.07) is 4.11. The van der Waals surface area contributed by atoms with E-state index in [1.54, 1.807) is 0 Å². The third-order valence-corrected chi connectivity index (χ3v) is 3.05. The highest BCUT2D eigenvalue weighted by Gasteiger charge is 2.12. The summed E-state index contributed by atoms with van der Waals surface area (Å²) in [5.74, 6) is 0.198. The number of hydrogen-bond acceptors (Lipinski definition) is 2. The Hall–Kier alpha value is -0.900. The van der Waals surface area contributed by atoms with E-state index in [1.807, 2.05) is 13.8 Å². The molecule has 1 rings (SSSR count). The fraction of sp³-hybridized carbons (Fsp3) is 0.417. The molecule has 0 heterocycles.